The average Bonchev–Trinajstić information content (AvgIpc) is 2.34. The Labute approximate surface area is 102 Å². The summed E-state index contributed by atoms with van der Waals surface area (Å²) >= 11 is 0. The van der Waals surface area contributed by atoms with E-state index in [1.165, 1.54) is 11.1 Å². The number of hydrogen-bond acceptors (Lipinski definition) is 2. The van der Waals surface area contributed by atoms with Gasteiger partial charge in [-0.3, -0.25) is 0 Å². The topological polar surface area (TPSA) is 29.3 Å². The molecule has 0 radical (unpaired) electrons. The van der Waals surface area contributed by atoms with Gasteiger partial charge in [0, 0.05) is 18.9 Å². The molecule has 1 aromatic rings. The van der Waals surface area contributed by atoms with Gasteiger partial charge < -0.3 is 4.74 Å². The molecule has 1 aliphatic rings. The van der Waals surface area contributed by atoms with E-state index in [0.717, 1.165) is 12.1 Å². The summed E-state index contributed by atoms with van der Waals surface area (Å²) in [7, 11) is 1.95. The molecule has 0 saturated carbocycles. The highest BCUT2D eigenvalue weighted by molar-refractivity contribution is 5.98. The zero-order valence-corrected chi connectivity index (χ0v) is 10.6. The third-order valence-electron chi connectivity index (χ3n) is 3.38. The summed E-state index contributed by atoms with van der Waals surface area (Å²) in [4.78, 5) is 11.9. The van der Waals surface area contributed by atoms with Crippen LogP contribution in [0.15, 0.2) is 24.3 Å². The lowest BCUT2D eigenvalue weighted by Crippen LogP contribution is -2.41. The third kappa shape index (κ3) is 2.09. The summed E-state index contributed by atoms with van der Waals surface area (Å²) < 4.78 is 7.14. The van der Waals surface area contributed by atoms with Gasteiger partial charge in [-0.25, -0.2) is 9.37 Å². The molecule has 17 heavy (non-hydrogen) atoms. The molecule has 2 rings (SSSR count). The molecule has 1 heterocycles. The lowest BCUT2D eigenvalue weighted by molar-refractivity contribution is -0.528. The molecule has 0 N–H and O–H groups in total. The second-order valence-electron chi connectivity index (χ2n) is 4.33. The maximum atomic E-state index is 11.9. The van der Waals surface area contributed by atoms with Crippen LogP contribution in [0, 0.1) is 0 Å². The Balaban J connectivity index is 2.38. The largest absolute Gasteiger partial charge is 0.461 e. The van der Waals surface area contributed by atoms with Crippen LogP contribution >= 0.6 is 0 Å². The number of carbonyl (C=O) groups is 1. The van der Waals surface area contributed by atoms with E-state index in [1.807, 2.05) is 37.6 Å². The highest BCUT2D eigenvalue weighted by Crippen LogP contribution is 2.19. The monoisotopic (exact) mass is 232 g/mol. The van der Waals surface area contributed by atoms with Crippen LogP contribution in [0.4, 0.5) is 0 Å². The molecule has 0 saturated heterocycles. The Morgan fingerprint density at radius 1 is 1.47 bits per heavy atom. The molecule has 3 nitrogen and oxygen atoms in total. The van der Waals surface area contributed by atoms with Gasteiger partial charge in [0.25, 0.3) is 6.04 Å². The van der Waals surface area contributed by atoms with Crippen molar-refractivity contribution in [3.8, 4) is 0 Å². The van der Waals surface area contributed by atoms with Gasteiger partial charge in [0.2, 0.25) is 0 Å². The molecule has 1 unspecified atom stereocenters. The molecule has 0 bridgehead atoms. The lowest BCUT2D eigenvalue weighted by atomic mass is 9.93. The fourth-order valence-corrected chi connectivity index (χ4v) is 2.30. The van der Waals surface area contributed by atoms with E-state index in [-0.39, 0.29) is 12.0 Å². The Morgan fingerprint density at radius 2 is 2.18 bits per heavy atom. The van der Waals surface area contributed by atoms with Gasteiger partial charge in [-0.2, -0.15) is 0 Å². The summed E-state index contributed by atoms with van der Waals surface area (Å²) in [6.07, 6.45) is 0.725. The molecule has 1 aromatic carbocycles. The van der Waals surface area contributed by atoms with Gasteiger partial charge in [0.05, 0.1) is 6.61 Å². The molecule has 3 heteroatoms. The van der Waals surface area contributed by atoms with Gasteiger partial charge in [-0.05, 0) is 18.6 Å². The van der Waals surface area contributed by atoms with Crippen LogP contribution in [0.25, 0.3) is 0 Å². The Hall–Kier alpha value is -1.64. The first-order valence-electron chi connectivity index (χ1n) is 5.96. The predicted octanol–water partition coefficient (Wildman–Crippen LogP) is 1.63. The van der Waals surface area contributed by atoms with E-state index >= 15 is 0 Å². The fourth-order valence-electron chi connectivity index (χ4n) is 2.30. The quantitative estimate of drug-likeness (QED) is 0.573. The van der Waals surface area contributed by atoms with Gasteiger partial charge >= 0.3 is 5.97 Å². The highest BCUT2D eigenvalue weighted by atomic mass is 16.5. The molecular weight excluding hydrogens is 214 g/mol. The summed E-state index contributed by atoms with van der Waals surface area (Å²) in [5, 5.41) is 0. The van der Waals surface area contributed by atoms with Crippen molar-refractivity contribution >= 4 is 11.7 Å². The summed E-state index contributed by atoms with van der Waals surface area (Å²) in [6.45, 7) is 4.32. The molecule has 0 amide bonds. The van der Waals surface area contributed by atoms with E-state index in [2.05, 4.69) is 12.1 Å². The van der Waals surface area contributed by atoms with Gasteiger partial charge in [0.15, 0.2) is 5.71 Å². The first-order valence-corrected chi connectivity index (χ1v) is 5.96. The fraction of sp³-hybridized carbons (Fsp3) is 0.429. The number of esters is 1. The van der Waals surface area contributed by atoms with Crippen LogP contribution in [0.3, 0.4) is 0 Å². The van der Waals surface area contributed by atoms with Crippen molar-refractivity contribution in [3.63, 3.8) is 0 Å². The molecule has 90 valence electrons. The average molecular weight is 232 g/mol. The number of ether oxygens (including phenoxy) is 1. The number of rotatable bonds is 2. The summed E-state index contributed by atoms with van der Waals surface area (Å²) in [5.41, 5.74) is 3.58. The molecule has 0 aromatic heterocycles. The second kappa shape index (κ2) is 4.70. The normalized spacial score (nSPS) is 18.9. The third-order valence-corrected chi connectivity index (χ3v) is 3.38. The SMILES string of the molecule is CCOC(=O)C1Cc2ccccc2C(C)=[N+]1C. The number of nitrogens with zero attached hydrogens (tertiary/aromatic N) is 1. The molecule has 1 atom stereocenters. The van der Waals surface area contributed by atoms with Crippen LogP contribution in [-0.4, -0.2) is 36.0 Å². The predicted molar refractivity (Wildman–Crippen MR) is 66.5 cm³/mol. The zero-order chi connectivity index (χ0) is 12.4. The van der Waals surface area contributed by atoms with Gasteiger partial charge in [0.1, 0.15) is 7.05 Å². The molecular formula is C14H18NO2+. The molecule has 0 spiro atoms. The van der Waals surface area contributed by atoms with Gasteiger partial charge in [-0.1, -0.05) is 18.2 Å². The van der Waals surface area contributed by atoms with E-state index < -0.39 is 0 Å². The Bertz CT molecular complexity index is 477. The Morgan fingerprint density at radius 3 is 2.88 bits per heavy atom. The number of likely N-dealkylation sites (N-methyl/N-ethyl adjacent to an activating group) is 1. The van der Waals surface area contributed by atoms with Crippen molar-refractivity contribution in [3.05, 3.63) is 35.4 Å². The maximum Gasteiger partial charge on any atom is 0.375 e. The number of fused-ring (bicyclic) bond motifs is 1. The van der Waals surface area contributed by atoms with Crippen LogP contribution in [0.1, 0.15) is 25.0 Å². The van der Waals surface area contributed by atoms with Crippen molar-refractivity contribution in [2.45, 2.75) is 26.3 Å². The molecule has 1 aliphatic heterocycles. The zero-order valence-electron chi connectivity index (χ0n) is 10.6. The summed E-state index contributed by atoms with van der Waals surface area (Å²) in [5.74, 6) is -0.135. The Kier molecular flexibility index (Phi) is 3.27. The highest BCUT2D eigenvalue weighted by Gasteiger charge is 2.35. The molecule has 0 aliphatic carbocycles. The molecule has 0 fully saturated rings. The standard InChI is InChI=1S/C14H18NO2/c1-4-17-14(16)13-9-11-7-5-6-8-12(11)10(2)15(13)3/h5-8,13H,4,9H2,1-3H3/q+1. The first-order chi connectivity index (χ1) is 8.15. The van der Waals surface area contributed by atoms with Crippen molar-refractivity contribution in [2.75, 3.05) is 13.7 Å². The van der Waals surface area contributed by atoms with Crippen LogP contribution in [0.2, 0.25) is 0 Å². The van der Waals surface area contributed by atoms with E-state index in [4.69, 9.17) is 4.74 Å². The lowest BCUT2D eigenvalue weighted by Gasteiger charge is -2.20. The van der Waals surface area contributed by atoms with Crippen molar-refractivity contribution in [2.24, 2.45) is 0 Å². The van der Waals surface area contributed by atoms with E-state index in [0.29, 0.717) is 6.61 Å². The van der Waals surface area contributed by atoms with E-state index in [9.17, 15) is 4.79 Å². The minimum Gasteiger partial charge on any atom is -0.461 e. The number of carbonyl (C=O) groups excluding carboxylic acids is 1. The van der Waals surface area contributed by atoms with Crippen molar-refractivity contribution < 1.29 is 14.1 Å². The smallest absolute Gasteiger partial charge is 0.375 e. The van der Waals surface area contributed by atoms with Crippen molar-refractivity contribution in [1.82, 2.24) is 0 Å². The number of hydrogen-bond donors (Lipinski definition) is 0. The van der Waals surface area contributed by atoms with Crippen LogP contribution in [0.5, 0.6) is 0 Å². The minimum atomic E-state index is -0.190. The maximum absolute atomic E-state index is 11.9. The second-order valence-corrected chi connectivity index (χ2v) is 4.33. The number of benzene rings is 1. The first kappa shape index (κ1) is 11.8. The van der Waals surface area contributed by atoms with Gasteiger partial charge in [-0.15, -0.1) is 0 Å². The van der Waals surface area contributed by atoms with Crippen LogP contribution in [-0.2, 0) is 16.0 Å². The minimum absolute atomic E-state index is 0.135. The van der Waals surface area contributed by atoms with E-state index in [1.54, 1.807) is 0 Å². The van der Waals surface area contributed by atoms with Crippen molar-refractivity contribution in [1.29, 1.82) is 0 Å². The van der Waals surface area contributed by atoms with Crippen LogP contribution < -0.4 is 0 Å². The summed E-state index contributed by atoms with van der Waals surface area (Å²) in [6, 6.07) is 8.03.